The van der Waals surface area contributed by atoms with Crippen molar-refractivity contribution >= 4 is 17.6 Å². The van der Waals surface area contributed by atoms with Crippen molar-refractivity contribution in [2.45, 2.75) is 6.92 Å². The minimum atomic E-state index is -1.73. The van der Waals surface area contributed by atoms with Crippen molar-refractivity contribution in [2.24, 2.45) is 0 Å². The van der Waals surface area contributed by atoms with Gasteiger partial charge in [0.15, 0.2) is 23.1 Å². The molecule has 0 spiro atoms. The van der Waals surface area contributed by atoms with E-state index in [9.17, 15) is 22.8 Å². The first kappa shape index (κ1) is 24.5. The Bertz CT molecular complexity index is 1450. The summed E-state index contributed by atoms with van der Waals surface area (Å²) in [5.74, 6) is -5.80. The van der Waals surface area contributed by atoms with Crippen LogP contribution >= 0.6 is 0 Å². The topological polar surface area (TPSA) is 82.5 Å². The highest BCUT2D eigenvalue weighted by atomic mass is 19.2. The van der Waals surface area contributed by atoms with E-state index in [1.54, 1.807) is 49.4 Å². The van der Waals surface area contributed by atoms with E-state index >= 15 is 0 Å². The zero-order valence-electron chi connectivity index (χ0n) is 19.2. The number of carbonyl (C=O) groups is 2. The molecule has 36 heavy (non-hydrogen) atoms. The lowest BCUT2D eigenvalue weighted by atomic mass is 10.1. The third-order valence-electron chi connectivity index (χ3n) is 5.20. The van der Waals surface area contributed by atoms with E-state index in [1.165, 1.54) is 23.9 Å². The second kappa shape index (κ2) is 10.3. The molecule has 0 unspecified atom stereocenters. The zero-order valence-corrected chi connectivity index (χ0v) is 19.2. The van der Waals surface area contributed by atoms with Gasteiger partial charge in [0.25, 0.3) is 5.91 Å². The van der Waals surface area contributed by atoms with Crippen LogP contribution in [0.15, 0.2) is 66.7 Å². The van der Waals surface area contributed by atoms with E-state index in [2.05, 4.69) is 10.4 Å². The standard InChI is InChI=1S/C26H20F3N3O4/c1-3-36-26(34)19-14-21(32(31-19)20-9-4-5-10-22(20)35-2)15-7-6-8-16(13-15)30-25(33)17-11-12-18(27)24(29)23(17)28/h4-14H,3H2,1-2H3,(H,30,33). The summed E-state index contributed by atoms with van der Waals surface area (Å²) in [4.78, 5) is 24.9. The Balaban J connectivity index is 1.75. The number of ether oxygens (including phenoxy) is 2. The molecule has 0 aliphatic heterocycles. The second-order valence-electron chi connectivity index (χ2n) is 7.48. The van der Waals surface area contributed by atoms with Gasteiger partial charge in [-0.3, -0.25) is 4.79 Å². The lowest BCUT2D eigenvalue weighted by Gasteiger charge is -2.13. The number of nitrogens with one attached hydrogen (secondary N) is 1. The molecule has 1 heterocycles. The molecule has 0 aliphatic carbocycles. The molecule has 10 heteroatoms. The molecule has 0 bridgehead atoms. The molecular weight excluding hydrogens is 475 g/mol. The third kappa shape index (κ3) is 4.78. The number of nitrogens with zero attached hydrogens (tertiary/aromatic N) is 2. The van der Waals surface area contributed by atoms with Crippen molar-refractivity contribution in [3.63, 3.8) is 0 Å². The van der Waals surface area contributed by atoms with Crippen LogP contribution in [0.3, 0.4) is 0 Å². The molecule has 0 fully saturated rings. The SMILES string of the molecule is CCOC(=O)c1cc(-c2cccc(NC(=O)c3ccc(F)c(F)c3F)c2)n(-c2ccccc2OC)n1. The van der Waals surface area contributed by atoms with Crippen molar-refractivity contribution in [2.75, 3.05) is 19.0 Å². The highest BCUT2D eigenvalue weighted by Crippen LogP contribution is 2.31. The number of rotatable bonds is 7. The van der Waals surface area contributed by atoms with Gasteiger partial charge in [0.2, 0.25) is 0 Å². The first-order valence-electron chi connectivity index (χ1n) is 10.8. The van der Waals surface area contributed by atoms with Gasteiger partial charge >= 0.3 is 5.97 Å². The van der Waals surface area contributed by atoms with Crippen LogP contribution in [-0.2, 0) is 4.74 Å². The molecule has 7 nitrogen and oxygen atoms in total. The summed E-state index contributed by atoms with van der Waals surface area (Å²) in [7, 11) is 1.50. The predicted octanol–water partition coefficient (Wildman–Crippen LogP) is 5.39. The van der Waals surface area contributed by atoms with Crippen molar-refractivity contribution in [1.82, 2.24) is 9.78 Å². The molecule has 0 saturated heterocycles. The van der Waals surface area contributed by atoms with Crippen LogP contribution < -0.4 is 10.1 Å². The molecule has 184 valence electrons. The number of hydrogen-bond donors (Lipinski definition) is 1. The minimum absolute atomic E-state index is 0.0519. The molecule has 1 amide bonds. The summed E-state index contributed by atoms with van der Waals surface area (Å²) in [6, 6.07) is 16.5. The lowest BCUT2D eigenvalue weighted by molar-refractivity contribution is 0.0518. The van der Waals surface area contributed by atoms with Crippen LogP contribution in [0.25, 0.3) is 16.9 Å². The number of carbonyl (C=O) groups excluding carboxylic acids is 2. The first-order valence-corrected chi connectivity index (χ1v) is 10.8. The maximum Gasteiger partial charge on any atom is 0.358 e. The van der Waals surface area contributed by atoms with Gasteiger partial charge in [0.1, 0.15) is 11.4 Å². The van der Waals surface area contributed by atoms with Gasteiger partial charge in [-0.1, -0.05) is 24.3 Å². The van der Waals surface area contributed by atoms with Crippen molar-refractivity contribution in [3.05, 3.63) is 95.4 Å². The van der Waals surface area contributed by atoms with Gasteiger partial charge in [-0.05, 0) is 49.4 Å². The number of esters is 1. The first-order chi connectivity index (χ1) is 17.3. The van der Waals surface area contributed by atoms with Crippen LogP contribution in [-0.4, -0.2) is 35.4 Å². The van der Waals surface area contributed by atoms with Crippen LogP contribution in [0.4, 0.5) is 18.9 Å². The van der Waals surface area contributed by atoms with Gasteiger partial charge in [0.05, 0.1) is 25.0 Å². The molecular formula is C26H20F3N3O4. The molecule has 3 aromatic carbocycles. The van der Waals surface area contributed by atoms with E-state index in [1.807, 2.05) is 0 Å². The smallest absolute Gasteiger partial charge is 0.358 e. The number of aromatic nitrogens is 2. The molecule has 0 atom stereocenters. The van der Waals surface area contributed by atoms with Crippen LogP contribution in [0.5, 0.6) is 5.75 Å². The van der Waals surface area contributed by atoms with Crippen LogP contribution in [0.2, 0.25) is 0 Å². The fraction of sp³-hybridized carbons (Fsp3) is 0.115. The highest BCUT2D eigenvalue weighted by molar-refractivity contribution is 6.04. The Hall–Kier alpha value is -4.60. The minimum Gasteiger partial charge on any atom is -0.494 e. The Kier molecular flexibility index (Phi) is 7.05. The van der Waals surface area contributed by atoms with E-state index in [-0.39, 0.29) is 18.0 Å². The summed E-state index contributed by atoms with van der Waals surface area (Å²) in [5, 5.41) is 6.87. The fourth-order valence-corrected chi connectivity index (χ4v) is 3.54. The third-order valence-corrected chi connectivity index (χ3v) is 5.20. The molecule has 1 N–H and O–H groups in total. The quantitative estimate of drug-likeness (QED) is 0.275. The van der Waals surface area contributed by atoms with Crippen molar-refractivity contribution in [1.29, 1.82) is 0 Å². The largest absolute Gasteiger partial charge is 0.494 e. The van der Waals surface area contributed by atoms with Gasteiger partial charge in [-0.15, -0.1) is 0 Å². The fourth-order valence-electron chi connectivity index (χ4n) is 3.54. The summed E-state index contributed by atoms with van der Waals surface area (Å²) < 4.78 is 52.9. The van der Waals surface area contributed by atoms with Gasteiger partial charge in [-0.2, -0.15) is 5.10 Å². The number of methoxy groups -OCH3 is 1. The summed E-state index contributed by atoms with van der Waals surface area (Å²) in [5.41, 5.74) is 1.19. The van der Waals surface area contributed by atoms with Crippen LogP contribution in [0, 0.1) is 17.5 Å². The normalized spacial score (nSPS) is 10.7. The van der Waals surface area contributed by atoms with E-state index in [0.717, 1.165) is 6.07 Å². The molecule has 4 aromatic rings. The Morgan fingerprint density at radius 3 is 2.50 bits per heavy atom. The zero-order chi connectivity index (χ0) is 25.8. The number of hydrogen-bond acceptors (Lipinski definition) is 5. The van der Waals surface area contributed by atoms with Crippen LogP contribution in [0.1, 0.15) is 27.8 Å². The predicted molar refractivity (Wildman–Crippen MR) is 126 cm³/mol. The highest BCUT2D eigenvalue weighted by Gasteiger charge is 2.21. The van der Waals surface area contributed by atoms with E-state index in [4.69, 9.17) is 9.47 Å². The average Bonchev–Trinajstić information content (AvgIpc) is 3.33. The molecule has 1 aromatic heterocycles. The Morgan fingerprint density at radius 1 is 0.972 bits per heavy atom. The van der Waals surface area contributed by atoms with Crippen molar-refractivity contribution < 1.29 is 32.2 Å². The van der Waals surface area contributed by atoms with Gasteiger partial charge < -0.3 is 14.8 Å². The number of amides is 1. The Morgan fingerprint density at radius 2 is 1.75 bits per heavy atom. The molecule has 0 saturated carbocycles. The maximum atomic E-state index is 14.1. The molecule has 0 radical (unpaired) electrons. The Labute approximate surface area is 204 Å². The number of anilines is 1. The summed E-state index contributed by atoms with van der Waals surface area (Å²) in [6.45, 7) is 1.84. The number of halogens is 3. The monoisotopic (exact) mass is 495 g/mol. The molecule has 4 rings (SSSR count). The van der Waals surface area contributed by atoms with Gasteiger partial charge in [0, 0.05) is 11.3 Å². The number of para-hydroxylation sites is 2. The maximum absolute atomic E-state index is 14.1. The number of benzene rings is 3. The summed E-state index contributed by atoms with van der Waals surface area (Å²) >= 11 is 0. The van der Waals surface area contributed by atoms with Gasteiger partial charge in [-0.25, -0.2) is 22.6 Å². The lowest BCUT2D eigenvalue weighted by Crippen LogP contribution is -2.15. The van der Waals surface area contributed by atoms with E-state index < -0.39 is 34.9 Å². The summed E-state index contributed by atoms with van der Waals surface area (Å²) in [6.07, 6.45) is 0. The average molecular weight is 495 g/mol. The second-order valence-corrected chi connectivity index (χ2v) is 7.48. The molecule has 0 aliphatic rings. The van der Waals surface area contributed by atoms with Crippen molar-refractivity contribution in [3.8, 4) is 22.7 Å². The van der Waals surface area contributed by atoms with E-state index in [0.29, 0.717) is 28.8 Å².